The highest BCUT2D eigenvalue weighted by Crippen LogP contribution is 2.25. The lowest BCUT2D eigenvalue weighted by atomic mass is 9.91. The Morgan fingerprint density at radius 1 is 1.12 bits per heavy atom. The zero-order chi connectivity index (χ0) is 29.1. The van der Waals surface area contributed by atoms with Crippen molar-refractivity contribution in [2.24, 2.45) is 5.92 Å². The van der Waals surface area contributed by atoms with Gasteiger partial charge in [-0.3, -0.25) is 19.3 Å². The highest BCUT2D eigenvalue weighted by atomic mass is 32.1. The molecule has 1 aromatic heterocycles. The molecule has 2 atom stereocenters. The van der Waals surface area contributed by atoms with E-state index in [-0.39, 0.29) is 42.6 Å². The summed E-state index contributed by atoms with van der Waals surface area (Å²) < 4.78 is 6.61. The second kappa shape index (κ2) is 15.8. The quantitative estimate of drug-likeness (QED) is 0.283. The zero-order valence-corrected chi connectivity index (χ0v) is 25.2. The summed E-state index contributed by atoms with van der Waals surface area (Å²) >= 11 is 1.55. The lowest BCUT2D eigenvalue weighted by Gasteiger charge is -2.32. The van der Waals surface area contributed by atoms with Gasteiger partial charge in [0.2, 0.25) is 17.7 Å². The molecule has 3 amide bonds. The predicted molar refractivity (Wildman–Crippen MR) is 160 cm³/mol. The maximum atomic E-state index is 13.7. The summed E-state index contributed by atoms with van der Waals surface area (Å²) in [6, 6.07) is 5.14. The first kappa shape index (κ1) is 31.7. The minimum atomic E-state index is -0.769. The first-order chi connectivity index (χ1) is 19.3. The fourth-order valence-corrected chi connectivity index (χ4v) is 5.93. The van der Waals surface area contributed by atoms with Crippen LogP contribution in [0, 0.1) is 5.92 Å². The van der Waals surface area contributed by atoms with Gasteiger partial charge in [0, 0.05) is 50.8 Å². The van der Waals surface area contributed by atoms with Crippen LogP contribution >= 0.6 is 11.3 Å². The molecular formula is C30H45N5O4S. The lowest BCUT2D eigenvalue weighted by Crippen LogP contribution is -2.55. The van der Waals surface area contributed by atoms with Crippen LogP contribution in [0.5, 0.6) is 0 Å². The van der Waals surface area contributed by atoms with E-state index in [1.54, 1.807) is 18.3 Å². The van der Waals surface area contributed by atoms with E-state index in [2.05, 4.69) is 60.3 Å². The van der Waals surface area contributed by atoms with Gasteiger partial charge in [0.25, 0.3) is 0 Å². The molecular weight excluding hydrogens is 526 g/mol. The molecule has 9 nitrogen and oxygen atoms in total. The number of aryl methyl sites for hydroxylation is 1. The molecule has 1 aromatic carbocycles. The van der Waals surface area contributed by atoms with E-state index in [1.165, 1.54) is 5.56 Å². The number of hydrogen-bond acceptors (Lipinski definition) is 7. The molecule has 1 aliphatic rings. The third-order valence-corrected chi connectivity index (χ3v) is 8.57. The van der Waals surface area contributed by atoms with Crippen LogP contribution in [-0.2, 0) is 32.0 Å². The second-order valence-corrected chi connectivity index (χ2v) is 11.4. The number of carbonyl (C=O) groups excluding carboxylic acids is 3. The molecule has 40 heavy (non-hydrogen) atoms. The number of fused-ring (bicyclic) bond motifs is 1. The number of hydrogen-bond donors (Lipinski definition) is 3. The van der Waals surface area contributed by atoms with Crippen molar-refractivity contribution in [2.45, 2.75) is 71.9 Å². The Morgan fingerprint density at radius 3 is 2.50 bits per heavy atom. The number of benzene rings is 1. The Labute approximate surface area is 242 Å². The van der Waals surface area contributed by atoms with Crippen molar-refractivity contribution < 1.29 is 19.1 Å². The van der Waals surface area contributed by atoms with E-state index in [0.717, 1.165) is 47.6 Å². The number of likely N-dealkylation sites (N-methyl/N-ethyl adjacent to an activating group) is 1. The van der Waals surface area contributed by atoms with Crippen LogP contribution in [0.4, 0.5) is 0 Å². The molecule has 0 radical (unpaired) electrons. The normalized spacial score (nSPS) is 15.5. The van der Waals surface area contributed by atoms with Crippen LogP contribution < -0.4 is 16.0 Å². The van der Waals surface area contributed by atoms with Crippen molar-refractivity contribution in [3.8, 4) is 0 Å². The summed E-state index contributed by atoms with van der Waals surface area (Å²) in [5.41, 5.74) is 2.62. The van der Waals surface area contributed by atoms with Crippen LogP contribution in [0.3, 0.4) is 0 Å². The van der Waals surface area contributed by atoms with Crippen LogP contribution in [0.1, 0.15) is 57.5 Å². The smallest absolute Gasteiger partial charge is 0.247 e. The van der Waals surface area contributed by atoms with Gasteiger partial charge in [-0.15, -0.1) is 11.3 Å². The fourth-order valence-electron chi connectivity index (χ4n) is 4.86. The Kier molecular flexibility index (Phi) is 12.5. The summed E-state index contributed by atoms with van der Waals surface area (Å²) in [6.45, 7) is 15.6. The molecule has 0 saturated carbocycles. The summed E-state index contributed by atoms with van der Waals surface area (Å²) in [5.74, 6) is -0.539. The molecule has 3 N–H and O–H groups in total. The maximum absolute atomic E-state index is 13.7. The molecule has 0 unspecified atom stereocenters. The lowest BCUT2D eigenvalue weighted by molar-refractivity contribution is -0.129. The van der Waals surface area contributed by atoms with Crippen molar-refractivity contribution in [2.75, 3.05) is 39.4 Å². The molecule has 1 saturated heterocycles. The first-order valence-electron chi connectivity index (χ1n) is 14.5. The van der Waals surface area contributed by atoms with Crippen molar-refractivity contribution in [3.05, 3.63) is 40.9 Å². The zero-order valence-electron chi connectivity index (χ0n) is 24.4. The number of aromatic nitrogens is 1. The molecule has 0 spiro atoms. The molecule has 1 fully saturated rings. The first-order valence-corrected chi connectivity index (χ1v) is 15.3. The standard InChI is InChI=1S/C30H45N5O4S/c1-6-21-10-11-23-26(16-21)40-28(33-23)17-24(32-27(36)7-2)30(38)34-25(22-12-14-39-15-13-22)18-31-29(37)20(5)19-35(8-3)9-4/h10-11,16,22,24-25H,5-9,12-15,17-19H2,1-4H3,(H,31,37)(H,32,36)(H,34,38)/t24-,25+/m0/s1. The number of carbonyl (C=O) groups is 3. The monoisotopic (exact) mass is 571 g/mol. The Hall–Kier alpha value is -2.82. The molecule has 3 rings (SSSR count). The number of rotatable bonds is 15. The summed E-state index contributed by atoms with van der Waals surface area (Å²) in [5, 5.41) is 9.83. The van der Waals surface area contributed by atoms with Crippen LogP contribution in [-0.4, -0.2) is 79.1 Å². The topological polar surface area (TPSA) is 113 Å². The van der Waals surface area contributed by atoms with Gasteiger partial charge in [0.05, 0.1) is 15.2 Å². The minimum Gasteiger partial charge on any atom is -0.381 e. The number of nitrogens with one attached hydrogen (secondary N) is 3. The van der Waals surface area contributed by atoms with Crippen molar-refractivity contribution in [1.29, 1.82) is 0 Å². The molecule has 2 aromatic rings. The van der Waals surface area contributed by atoms with Gasteiger partial charge in [0.15, 0.2) is 0 Å². The fraction of sp³-hybridized carbons (Fsp3) is 0.600. The average molecular weight is 572 g/mol. The van der Waals surface area contributed by atoms with Crippen LogP contribution in [0.25, 0.3) is 10.2 Å². The predicted octanol–water partition coefficient (Wildman–Crippen LogP) is 3.22. The highest BCUT2D eigenvalue weighted by molar-refractivity contribution is 7.18. The van der Waals surface area contributed by atoms with Gasteiger partial charge in [-0.1, -0.05) is 40.3 Å². The molecule has 2 heterocycles. The summed E-state index contributed by atoms with van der Waals surface area (Å²) in [7, 11) is 0. The number of thiazole rings is 1. The minimum absolute atomic E-state index is 0.145. The van der Waals surface area contributed by atoms with E-state index in [9.17, 15) is 14.4 Å². The van der Waals surface area contributed by atoms with Gasteiger partial charge in [0.1, 0.15) is 6.04 Å². The second-order valence-electron chi connectivity index (χ2n) is 10.3. The van der Waals surface area contributed by atoms with Crippen LogP contribution in [0.15, 0.2) is 30.4 Å². The largest absolute Gasteiger partial charge is 0.381 e. The number of ether oxygens (including phenoxy) is 1. The van der Waals surface area contributed by atoms with Crippen LogP contribution in [0.2, 0.25) is 0 Å². The van der Waals surface area contributed by atoms with Gasteiger partial charge in [-0.2, -0.15) is 0 Å². The molecule has 1 aliphatic heterocycles. The highest BCUT2D eigenvalue weighted by Gasteiger charge is 2.30. The molecule has 220 valence electrons. The van der Waals surface area contributed by atoms with E-state index < -0.39 is 6.04 Å². The van der Waals surface area contributed by atoms with Crippen molar-refractivity contribution >= 4 is 39.3 Å². The molecule has 10 heteroatoms. The van der Waals surface area contributed by atoms with Gasteiger partial charge in [-0.05, 0) is 56.0 Å². The summed E-state index contributed by atoms with van der Waals surface area (Å²) in [6.07, 6.45) is 3.08. The average Bonchev–Trinajstić information content (AvgIpc) is 3.38. The third kappa shape index (κ3) is 9.11. The van der Waals surface area contributed by atoms with Gasteiger partial charge >= 0.3 is 0 Å². The Morgan fingerprint density at radius 2 is 1.85 bits per heavy atom. The van der Waals surface area contributed by atoms with Gasteiger partial charge in [-0.25, -0.2) is 4.98 Å². The number of amides is 3. The van der Waals surface area contributed by atoms with Crippen molar-refractivity contribution in [3.63, 3.8) is 0 Å². The summed E-state index contributed by atoms with van der Waals surface area (Å²) in [4.78, 5) is 45.7. The van der Waals surface area contributed by atoms with E-state index in [0.29, 0.717) is 31.8 Å². The maximum Gasteiger partial charge on any atom is 0.247 e. The van der Waals surface area contributed by atoms with E-state index in [4.69, 9.17) is 9.72 Å². The Balaban J connectivity index is 1.73. The molecule has 0 bridgehead atoms. The van der Waals surface area contributed by atoms with Crippen molar-refractivity contribution in [1.82, 2.24) is 25.8 Å². The van der Waals surface area contributed by atoms with Gasteiger partial charge < -0.3 is 20.7 Å². The van der Waals surface area contributed by atoms with E-state index in [1.807, 2.05) is 6.07 Å². The SMILES string of the molecule is C=C(CN(CC)CC)C(=O)NC[C@@H](NC(=O)[C@H](Cc1nc2ccc(CC)cc2s1)NC(=O)CC)C1CCOCC1. The third-order valence-electron chi connectivity index (χ3n) is 7.53. The Bertz CT molecular complexity index is 1160. The van der Waals surface area contributed by atoms with E-state index >= 15 is 0 Å². The number of nitrogens with zero attached hydrogens (tertiary/aromatic N) is 2. The molecule has 0 aliphatic carbocycles.